The first kappa shape index (κ1) is 16.7. The average molecular weight is 408 g/mol. The number of ether oxygens (including phenoxy) is 2. The van der Waals surface area contributed by atoms with Crippen LogP contribution >= 0.6 is 27.5 Å². The van der Waals surface area contributed by atoms with Crippen molar-refractivity contribution >= 4 is 43.8 Å². The van der Waals surface area contributed by atoms with Crippen molar-refractivity contribution in [2.75, 3.05) is 0 Å². The van der Waals surface area contributed by atoms with Crippen molar-refractivity contribution in [2.45, 2.75) is 13.0 Å². The van der Waals surface area contributed by atoms with Gasteiger partial charge in [-0.1, -0.05) is 15.9 Å². The van der Waals surface area contributed by atoms with Crippen LogP contribution in [0, 0.1) is 0 Å². The van der Waals surface area contributed by atoms with Crippen LogP contribution in [-0.2, 0) is 4.79 Å². The van der Waals surface area contributed by atoms with Gasteiger partial charge in [0.15, 0.2) is 6.10 Å². The number of aromatic nitrogens is 2. The largest absolute Gasteiger partial charge is 0.482 e. The average Bonchev–Trinajstić information content (AvgIpc) is 2.56. The van der Waals surface area contributed by atoms with E-state index in [1.807, 2.05) is 18.2 Å². The van der Waals surface area contributed by atoms with E-state index in [4.69, 9.17) is 21.1 Å². The van der Waals surface area contributed by atoms with Gasteiger partial charge in [-0.2, -0.15) is 0 Å². The fourth-order valence-electron chi connectivity index (χ4n) is 1.97. The first-order chi connectivity index (χ1) is 11.5. The number of benzene rings is 2. The van der Waals surface area contributed by atoms with Crippen molar-refractivity contribution in [1.82, 2.24) is 9.97 Å². The Hall–Kier alpha value is -2.18. The van der Waals surface area contributed by atoms with Gasteiger partial charge in [-0.05, 0) is 61.0 Å². The van der Waals surface area contributed by atoms with E-state index in [0.29, 0.717) is 17.4 Å². The Morgan fingerprint density at radius 1 is 1.12 bits per heavy atom. The van der Waals surface area contributed by atoms with Crippen LogP contribution in [0.15, 0.2) is 53.1 Å². The Bertz CT molecular complexity index is 887. The zero-order valence-electron chi connectivity index (χ0n) is 12.6. The molecule has 2 aromatic carbocycles. The molecule has 0 amide bonds. The van der Waals surface area contributed by atoms with Crippen molar-refractivity contribution in [3.8, 4) is 17.4 Å². The molecule has 0 radical (unpaired) electrons. The second-order valence-electron chi connectivity index (χ2n) is 4.98. The van der Waals surface area contributed by atoms with E-state index in [1.165, 1.54) is 0 Å². The number of hydrogen-bond donors (Lipinski definition) is 0. The van der Waals surface area contributed by atoms with Gasteiger partial charge in [0.25, 0.3) is 5.24 Å². The standard InChI is InChI=1S/C17H12BrClN2O3/c1-10(17(19)22)23-12-3-5-13(6-4-12)24-16-9-20-15-8-11(18)2-7-14(15)21-16/h2-10H,1H3. The molecule has 0 aliphatic rings. The number of nitrogens with zero attached hydrogens (tertiary/aromatic N) is 2. The summed E-state index contributed by atoms with van der Waals surface area (Å²) < 4.78 is 12.0. The number of fused-ring (bicyclic) bond motifs is 1. The lowest BCUT2D eigenvalue weighted by Crippen LogP contribution is -2.18. The maximum Gasteiger partial charge on any atom is 0.262 e. The lowest BCUT2D eigenvalue weighted by atomic mass is 10.3. The molecule has 1 unspecified atom stereocenters. The summed E-state index contributed by atoms with van der Waals surface area (Å²) in [5.74, 6) is 1.50. The highest BCUT2D eigenvalue weighted by atomic mass is 79.9. The molecule has 0 fully saturated rings. The quantitative estimate of drug-likeness (QED) is 0.573. The van der Waals surface area contributed by atoms with Crippen LogP contribution in [0.1, 0.15) is 6.92 Å². The van der Waals surface area contributed by atoms with Gasteiger partial charge in [-0.25, -0.2) is 9.97 Å². The molecule has 1 atom stereocenters. The molecule has 3 rings (SSSR count). The first-order valence-electron chi connectivity index (χ1n) is 7.07. The lowest BCUT2D eigenvalue weighted by Gasteiger charge is -2.11. The monoisotopic (exact) mass is 406 g/mol. The van der Waals surface area contributed by atoms with Crippen LogP contribution in [0.3, 0.4) is 0 Å². The van der Waals surface area contributed by atoms with Gasteiger partial charge in [-0.3, -0.25) is 4.79 Å². The van der Waals surface area contributed by atoms with Crippen molar-refractivity contribution in [3.63, 3.8) is 0 Å². The number of carbonyl (C=O) groups excluding carboxylic acids is 1. The van der Waals surface area contributed by atoms with Crippen molar-refractivity contribution in [2.24, 2.45) is 0 Å². The second kappa shape index (κ2) is 7.15. The second-order valence-corrected chi connectivity index (χ2v) is 6.27. The maximum absolute atomic E-state index is 11.0. The van der Waals surface area contributed by atoms with Crippen LogP contribution < -0.4 is 9.47 Å². The molecule has 0 saturated heterocycles. The summed E-state index contributed by atoms with van der Waals surface area (Å²) in [6.45, 7) is 1.59. The summed E-state index contributed by atoms with van der Waals surface area (Å²) in [4.78, 5) is 19.7. The summed E-state index contributed by atoms with van der Waals surface area (Å²) in [7, 11) is 0. The van der Waals surface area contributed by atoms with E-state index < -0.39 is 11.3 Å². The van der Waals surface area contributed by atoms with Gasteiger partial charge < -0.3 is 9.47 Å². The zero-order chi connectivity index (χ0) is 17.1. The molecule has 24 heavy (non-hydrogen) atoms. The summed E-state index contributed by atoms with van der Waals surface area (Å²) in [6.07, 6.45) is 0.858. The third kappa shape index (κ3) is 4.01. The van der Waals surface area contributed by atoms with E-state index in [9.17, 15) is 4.79 Å². The molecule has 7 heteroatoms. The third-order valence-corrected chi connectivity index (χ3v) is 3.96. The molecule has 0 bridgehead atoms. The molecule has 0 spiro atoms. The fourth-order valence-corrected chi connectivity index (χ4v) is 2.37. The van der Waals surface area contributed by atoms with Gasteiger partial charge >= 0.3 is 0 Å². The van der Waals surface area contributed by atoms with Crippen molar-refractivity contribution < 1.29 is 14.3 Å². The minimum Gasteiger partial charge on any atom is -0.482 e. The SMILES string of the molecule is CC(Oc1ccc(Oc2cnc3cc(Br)ccc3n2)cc1)C(=O)Cl. The lowest BCUT2D eigenvalue weighted by molar-refractivity contribution is -0.117. The number of rotatable bonds is 5. The van der Waals surface area contributed by atoms with Gasteiger partial charge in [0.2, 0.25) is 5.88 Å². The van der Waals surface area contributed by atoms with Gasteiger partial charge in [0.05, 0.1) is 17.2 Å². The number of hydrogen-bond acceptors (Lipinski definition) is 5. The van der Waals surface area contributed by atoms with E-state index in [2.05, 4.69) is 25.9 Å². The van der Waals surface area contributed by atoms with Gasteiger partial charge in [-0.15, -0.1) is 0 Å². The van der Waals surface area contributed by atoms with Crippen LogP contribution in [0.2, 0.25) is 0 Å². The molecular formula is C17H12BrClN2O3. The maximum atomic E-state index is 11.0. The smallest absolute Gasteiger partial charge is 0.262 e. The van der Waals surface area contributed by atoms with E-state index >= 15 is 0 Å². The molecule has 0 aliphatic carbocycles. The Morgan fingerprint density at radius 2 is 1.83 bits per heavy atom. The number of halogens is 2. The van der Waals surface area contributed by atoms with Gasteiger partial charge in [0.1, 0.15) is 11.5 Å². The molecule has 0 N–H and O–H groups in total. The van der Waals surface area contributed by atoms with Crippen molar-refractivity contribution in [1.29, 1.82) is 0 Å². The highest BCUT2D eigenvalue weighted by Crippen LogP contribution is 2.25. The minimum atomic E-state index is -0.705. The highest BCUT2D eigenvalue weighted by Gasteiger charge is 2.11. The topological polar surface area (TPSA) is 61.3 Å². The summed E-state index contributed by atoms with van der Waals surface area (Å²) in [5.41, 5.74) is 1.52. The van der Waals surface area contributed by atoms with Crippen molar-refractivity contribution in [3.05, 3.63) is 53.1 Å². The van der Waals surface area contributed by atoms with Crippen LogP contribution in [0.5, 0.6) is 17.4 Å². The fraction of sp³-hybridized carbons (Fsp3) is 0.118. The minimum absolute atomic E-state index is 0.391. The Morgan fingerprint density at radius 3 is 2.54 bits per heavy atom. The first-order valence-corrected chi connectivity index (χ1v) is 8.24. The normalized spacial score (nSPS) is 12.0. The Labute approximate surface area is 151 Å². The summed E-state index contributed by atoms with van der Waals surface area (Å²) >= 11 is 8.76. The molecule has 5 nitrogen and oxygen atoms in total. The third-order valence-electron chi connectivity index (χ3n) is 3.16. The Balaban J connectivity index is 1.74. The summed E-state index contributed by atoms with van der Waals surface area (Å²) in [5, 5.41) is -0.548. The molecule has 0 saturated carbocycles. The van der Waals surface area contributed by atoms with E-state index in [0.717, 1.165) is 15.5 Å². The predicted molar refractivity (Wildman–Crippen MR) is 94.7 cm³/mol. The number of carbonyl (C=O) groups is 1. The summed E-state index contributed by atoms with van der Waals surface area (Å²) in [6, 6.07) is 12.5. The predicted octanol–water partition coefficient (Wildman–Crippen LogP) is 4.72. The molecule has 1 aromatic heterocycles. The van der Waals surface area contributed by atoms with Crippen LogP contribution in [0.25, 0.3) is 11.0 Å². The zero-order valence-corrected chi connectivity index (χ0v) is 14.9. The molecule has 122 valence electrons. The highest BCUT2D eigenvalue weighted by molar-refractivity contribution is 9.10. The Kier molecular flexibility index (Phi) is 4.97. The van der Waals surface area contributed by atoms with E-state index in [-0.39, 0.29) is 0 Å². The molecule has 3 aromatic rings. The molecule has 1 heterocycles. The van der Waals surface area contributed by atoms with E-state index in [1.54, 1.807) is 37.4 Å². The molecule has 0 aliphatic heterocycles. The van der Waals surface area contributed by atoms with Crippen LogP contribution in [-0.4, -0.2) is 21.3 Å². The molecular weight excluding hydrogens is 396 g/mol. The van der Waals surface area contributed by atoms with Gasteiger partial charge in [0, 0.05) is 4.47 Å². The van der Waals surface area contributed by atoms with Crippen LogP contribution in [0.4, 0.5) is 0 Å².